The Kier molecular flexibility index (Phi) is 3.62. The maximum atomic E-state index is 13.1. The van der Waals surface area contributed by atoms with Crippen LogP contribution in [0.3, 0.4) is 0 Å². The number of nitrogens with zero attached hydrogens (tertiary/aromatic N) is 2. The molecule has 1 aromatic heterocycles. The molecule has 1 atom stereocenters. The molecule has 0 aliphatic carbocycles. The van der Waals surface area contributed by atoms with Gasteiger partial charge in [-0.1, -0.05) is 0 Å². The number of aryl methyl sites for hydroxylation is 1. The van der Waals surface area contributed by atoms with E-state index in [0.717, 1.165) is 5.82 Å². The normalized spacial score (nSPS) is 12.4. The van der Waals surface area contributed by atoms with Crippen molar-refractivity contribution in [2.45, 2.75) is 19.6 Å². The van der Waals surface area contributed by atoms with E-state index < -0.39 is 11.9 Å². The van der Waals surface area contributed by atoms with Gasteiger partial charge in [-0.15, -0.1) is 0 Å². The Hall–Kier alpha value is -1.88. The summed E-state index contributed by atoms with van der Waals surface area (Å²) in [6.07, 6.45) is 2.72. The lowest BCUT2D eigenvalue weighted by atomic mass is 10.1. The number of rotatable bonds is 4. The molecule has 1 N–H and O–H groups in total. The predicted octanol–water partition coefficient (Wildman–Crippen LogP) is 2.19. The van der Waals surface area contributed by atoms with Gasteiger partial charge >= 0.3 is 0 Å². The van der Waals surface area contributed by atoms with E-state index >= 15 is 0 Å². The molecule has 1 heterocycles. The van der Waals surface area contributed by atoms with Crippen LogP contribution in [0.25, 0.3) is 0 Å². The predicted molar refractivity (Wildman–Crippen MR) is 64.6 cm³/mol. The molecule has 0 bridgehead atoms. The second-order valence-electron chi connectivity index (χ2n) is 4.10. The first-order valence-electron chi connectivity index (χ1n) is 5.64. The average molecular weight is 250 g/mol. The van der Waals surface area contributed by atoms with Crippen molar-refractivity contribution in [3.8, 4) is 5.75 Å². The van der Waals surface area contributed by atoms with Gasteiger partial charge in [0.1, 0.15) is 24.0 Å². The highest BCUT2D eigenvalue weighted by atomic mass is 19.1. The standard InChI is InChI=1S/C13H15FN2O2/c1-9(17)11-7-10(14)3-4-12(11)18-8-13-15-5-6-16(13)2/h3-7,9,17H,8H2,1-2H3/t9-/m0/s1. The van der Waals surface area contributed by atoms with E-state index in [2.05, 4.69) is 4.98 Å². The molecule has 0 aliphatic heterocycles. The zero-order chi connectivity index (χ0) is 13.1. The van der Waals surface area contributed by atoms with Crippen LogP contribution < -0.4 is 4.74 Å². The summed E-state index contributed by atoms with van der Waals surface area (Å²) < 4.78 is 20.5. The summed E-state index contributed by atoms with van der Waals surface area (Å²) in [5.74, 6) is 0.834. The van der Waals surface area contributed by atoms with E-state index in [0.29, 0.717) is 11.3 Å². The SMILES string of the molecule is C[C@H](O)c1cc(F)ccc1OCc1nccn1C. The van der Waals surface area contributed by atoms with Gasteiger partial charge in [0.25, 0.3) is 0 Å². The van der Waals surface area contributed by atoms with E-state index in [1.165, 1.54) is 18.2 Å². The molecular formula is C13H15FN2O2. The van der Waals surface area contributed by atoms with Crippen molar-refractivity contribution in [2.24, 2.45) is 7.05 Å². The van der Waals surface area contributed by atoms with Crippen molar-refractivity contribution in [1.29, 1.82) is 0 Å². The van der Waals surface area contributed by atoms with E-state index in [1.54, 1.807) is 13.1 Å². The molecule has 0 spiro atoms. The lowest BCUT2D eigenvalue weighted by Gasteiger charge is -2.13. The molecule has 96 valence electrons. The maximum Gasteiger partial charge on any atom is 0.146 e. The second kappa shape index (κ2) is 5.18. The topological polar surface area (TPSA) is 47.3 Å². The third-order valence-corrected chi connectivity index (χ3v) is 2.70. The van der Waals surface area contributed by atoms with E-state index in [9.17, 15) is 9.50 Å². The highest BCUT2D eigenvalue weighted by molar-refractivity contribution is 5.35. The van der Waals surface area contributed by atoms with Crippen LogP contribution in [0.2, 0.25) is 0 Å². The maximum absolute atomic E-state index is 13.1. The molecule has 0 radical (unpaired) electrons. The van der Waals surface area contributed by atoms with Crippen LogP contribution >= 0.6 is 0 Å². The Balaban J connectivity index is 2.16. The molecule has 0 unspecified atom stereocenters. The van der Waals surface area contributed by atoms with Gasteiger partial charge in [0.15, 0.2) is 0 Å². The Labute approximate surface area is 105 Å². The Morgan fingerprint density at radius 2 is 2.28 bits per heavy atom. The Morgan fingerprint density at radius 1 is 1.50 bits per heavy atom. The molecule has 4 nitrogen and oxygen atoms in total. The molecule has 2 aromatic rings. The number of hydrogen-bond donors (Lipinski definition) is 1. The number of imidazole rings is 1. The summed E-state index contributed by atoms with van der Waals surface area (Å²) in [5, 5.41) is 9.57. The van der Waals surface area contributed by atoms with Gasteiger partial charge in [-0.05, 0) is 25.1 Å². The van der Waals surface area contributed by atoms with Crippen molar-refractivity contribution in [3.63, 3.8) is 0 Å². The number of ether oxygens (including phenoxy) is 1. The van der Waals surface area contributed by atoms with Gasteiger partial charge in [0.2, 0.25) is 0 Å². The van der Waals surface area contributed by atoms with Crippen molar-refractivity contribution >= 4 is 0 Å². The van der Waals surface area contributed by atoms with Gasteiger partial charge in [0.05, 0.1) is 6.10 Å². The number of benzene rings is 1. The highest BCUT2D eigenvalue weighted by Crippen LogP contribution is 2.26. The molecule has 0 fully saturated rings. The highest BCUT2D eigenvalue weighted by Gasteiger charge is 2.11. The number of halogens is 1. The smallest absolute Gasteiger partial charge is 0.146 e. The zero-order valence-corrected chi connectivity index (χ0v) is 10.3. The summed E-state index contributed by atoms with van der Waals surface area (Å²) >= 11 is 0. The minimum atomic E-state index is -0.780. The van der Waals surface area contributed by atoms with Crippen LogP contribution in [0.1, 0.15) is 24.4 Å². The quantitative estimate of drug-likeness (QED) is 0.904. The Bertz CT molecular complexity index is 538. The lowest BCUT2D eigenvalue weighted by Crippen LogP contribution is -2.05. The monoisotopic (exact) mass is 250 g/mol. The van der Waals surface area contributed by atoms with Gasteiger partial charge < -0.3 is 14.4 Å². The summed E-state index contributed by atoms with van der Waals surface area (Å²) in [4.78, 5) is 4.12. The molecule has 0 amide bonds. The summed E-state index contributed by atoms with van der Waals surface area (Å²) in [6, 6.07) is 4.10. The van der Waals surface area contributed by atoms with E-state index in [4.69, 9.17) is 4.74 Å². The van der Waals surface area contributed by atoms with Gasteiger partial charge in [-0.3, -0.25) is 0 Å². The first-order chi connectivity index (χ1) is 8.58. The summed E-state index contributed by atoms with van der Waals surface area (Å²) in [6.45, 7) is 1.84. The molecule has 0 saturated carbocycles. The third-order valence-electron chi connectivity index (χ3n) is 2.70. The fourth-order valence-electron chi connectivity index (χ4n) is 1.66. The molecule has 2 rings (SSSR count). The number of hydrogen-bond acceptors (Lipinski definition) is 3. The average Bonchev–Trinajstić information content (AvgIpc) is 2.73. The fourth-order valence-corrected chi connectivity index (χ4v) is 1.66. The first-order valence-corrected chi connectivity index (χ1v) is 5.64. The van der Waals surface area contributed by atoms with Crippen LogP contribution in [0.5, 0.6) is 5.75 Å². The number of aliphatic hydroxyl groups excluding tert-OH is 1. The molecule has 18 heavy (non-hydrogen) atoms. The van der Waals surface area contributed by atoms with Crippen molar-refractivity contribution in [3.05, 3.63) is 47.8 Å². The van der Waals surface area contributed by atoms with Crippen LogP contribution in [-0.2, 0) is 13.7 Å². The molecule has 0 saturated heterocycles. The van der Waals surface area contributed by atoms with Crippen LogP contribution in [0.4, 0.5) is 4.39 Å². The van der Waals surface area contributed by atoms with Gasteiger partial charge in [-0.2, -0.15) is 0 Å². The minimum Gasteiger partial charge on any atom is -0.485 e. The molecular weight excluding hydrogens is 235 g/mol. The summed E-state index contributed by atoms with van der Waals surface area (Å²) in [7, 11) is 1.87. The van der Waals surface area contributed by atoms with Crippen molar-refractivity contribution in [2.75, 3.05) is 0 Å². The molecule has 1 aromatic carbocycles. The lowest BCUT2D eigenvalue weighted by molar-refractivity contribution is 0.188. The van der Waals surface area contributed by atoms with Crippen LogP contribution in [0.15, 0.2) is 30.6 Å². The summed E-state index contributed by atoms with van der Waals surface area (Å²) in [5.41, 5.74) is 0.434. The van der Waals surface area contributed by atoms with Gasteiger partial charge in [-0.25, -0.2) is 9.37 Å². The molecule has 0 aliphatic rings. The number of aromatic nitrogens is 2. The van der Waals surface area contributed by atoms with E-state index in [1.807, 2.05) is 17.8 Å². The largest absolute Gasteiger partial charge is 0.485 e. The molecule has 5 heteroatoms. The van der Waals surface area contributed by atoms with Crippen LogP contribution in [0, 0.1) is 5.82 Å². The number of aliphatic hydroxyl groups is 1. The van der Waals surface area contributed by atoms with Crippen molar-refractivity contribution in [1.82, 2.24) is 9.55 Å². The van der Waals surface area contributed by atoms with Crippen LogP contribution in [-0.4, -0.2) is 14.7 Å². The first kappa shape index (κ1) is 12.6. The van der Waals surface area contributed by atoms with Gasteiger partial charge in [0, 0.05) is 25.0 Å². The van der Waals surface area contributed by atoms with Crippen molar-refractivity contribution < 1.29 is 14.2 Å². The fraction of sp³-hybridized carbons (Fsp3) is 0.308. The third kappa shape index (κ3) is 2.68. The zero-order valence-electron chi connectivity index (χ0n) is 10.3. The second-order valence-corrected chi connectivity index (χ2v) is 4.10. The Morgan fingerprint density at radius 3 is 2.89 bits per heavy atom. The van der Waals surface area contributed by atoms with E-state index in [-0.39, 0.29) is 6.61 Å². The minimum absolute atomic E-state index is 0.273.